The van der Waals surface area contributed by atoms with Crippen molar-refractivity contribution in [3.63, 3.8) is 0 Å². The standard InChI is InChI=1S/C63H60N4O/c1-37-13-4-6-16-49(37)63(52-19-12-15-48-47-14-5-11-22-55(47)68-57(48)52)50-17-7-9-20-53(50)67(54-21-10-8-18-51(54)63)46-23-38(2)56(39(3)24-46)58-64-59(61-31-40-25-41(32-61)27-42(26-40)33-61)66-60(65-58)62-34-43-28-44(35-62)30-45(29-43)36-62/h4-24,40-45H,25-36H2,1-3H3. The minimum absolute atomic E-state index is 0.1000. The second-order valence-electron chi connectivity index (χ2n) is 23.4. The zero-order valence-electron chi connectivity index (χ0n) is 39.8. The van der Waals surface area contributed by atoms with Gasteiger partial charge in [0.2, 0.25) is 0 Å². The number of aromatic nitrogens is 3. The lowest BCUT2D eigenvalue weighted by atomic mass is 9.49. The van der Waals surface area contributed by atoms with E-state index in [4.69, 9.17) is 19.4 Å². The van der Waals surface area contributed by atoms with Gasteiger partial charge in [0.1, 0.15) is 22.8 Å². The highest BCUT2D eigenvalue weighted by molar-refractivity contribution is 6.07. The van der Waals surface area contributed by atoms with Gasteiger partial charge in [0, 0.05) is 38.4 Å². The van der Waals surface area contributed by atoms with E-state index in [1.54, 1.807) is 0 Å². The second kappa shape index (κ2) is 14.2. The third-order valence-corrected chi connectivity index (χ3v) is 19.1. The first-order chi connectivity index (χ1) is 33.2. The third kappa shape index (κ3) is 5.53. The van der Waals surface area contributed by atoms with E-state index in [-0.39, 0.29) is 10.8 Å². The molecular formula is C63H60N4O. The van der Waals surface area contributed by atoms with Gasteiger partial charge in [-0.05, 0) is 197 Å². The molecule has 0 radical (unpaired) electrons. The molecule has 9 aliphatic rings. The zero-order valence-corrected chi connectivity index (χ0v) is 39.8. The highest BCUT2D eigenvalue weighted by Crippen LogP contribution is 2.64. The first-order valence-electron chi connectivity index (χ1n) is 26.1. The molecular weight excluding hydrogens is 829 g/mol. The van der Waals surface area contributed by atoms with Gasteiger partial charge in [0.15, 0.2) is 5.82 Å². The van der Waals surface area contributed by atoms with Crippen LogP contribution < -0.4 is 4.90 Å². The third-order valence-electron chi connectivity index (χ3n) is 19.1. The van der Waals surface area contributed by atoms with Crippen LogP contribution in [0.4, 0.5) is 17.1 Å². The minimum atomic E-state index is -0.682. The van der Waals surface area contributed by atoms with Crippen LogP contribution in [0.2, 0.25) is 0 Å². The fraction of sp³-hybridized carbons (Fsp3) is 0.381. The number of para-hydroxylation sites is 4. The van der Waals surface area contributed by atoms with Gasteiger partial charge >= 0.3 is 0 Å². The first-order valence-corrected chi connectivity index (χ1v) is 26.1. The Balaban J connectivity index is 0.921. The van der Waals surface area contributed by atoms with E-state index in [9.17, 15) is 0 Å². The largest absolute Gasteiger partial charge is 0.456 e. The highest BCUT2D eigenvalue weighted by Gasteiger charge is 2.57. The van der Waals surface area contributed by atoms with E-state index < -0.39 is 5.41 Å². The van der Waals surface area contributed by atoms with Crippen molar-refractivity contribution in [3.8, 4) is 11.4 Å². The summed E-state index contributed by atoms with van der Waals surface area (Å²) in [6, 6.07) is 47.3. The summed E-state index contributed by atoms with van der Waals surface area (Å²) in [6.45, 7) is 6.89. The van der Waals surface area contributed by atoms with E-state index in [0.717, 1.165) is 86.2 Å². The number of aryl methyl sites for hydroxylation is 3. The molecule has 8 bridgehead atoms. The van der Waals surface area contributed by atoms with Crippen LogP contribution in [-0.2, 0) is 16.2 Å². The van der Waals surface area contributed by atoms with Crippen molar-refractivity contribution < 1.29 is 4.42 Å². The molecule has 6 aromatic carbocycles. The van der Waals surface area contributed by atoms with Gasteiger partial charge in [-0.15, -0.1) is 0 Å². The van der Waals surface area contributed by atoms with Crippen molar-refractivity contribution in [1.82, 2.24) is 15.0 Å². The van der Waals surface area contributed by atoms with Gasteiger partial charge in [0.05, 0.1) is 16.8 Å². The molecule has 0 N–H and O–H groups in total. The summed E-state index contributed by atoms with van der Waals surface area (Å²) in [5.41, 5.74) is 14.6. The van der Waals surface area contributed by atoms with Crippen LogP contribution in [0.1, 0.15) is 128 Å². The van der Waals surface area contributed by atoms with Crippen molar-refractivity contribution in [1.29, 1.82) is 0 Å². The number of rotatable bonds is 6. The zero-order chi connectivity index (χ0) is 45.1. The van der Waals surface area contributed by atoms with Gasteiger partial charge in [-0.3, -0.25) is 0 Å². The summed E-state index contributed by atoms with van der Waals surface area (Å²) >= 11 is 0. The summed E-state index contributed by atoms with van der Waals surface area (Å²) in [6.07, 6.45) is 16.1. The maximum absolute atomic E-state index is 6.97. The molecule has 2 aromatic heterocycles. The SMILES string of the molecule is Cc1ccccc1C1(c2cccc3c2oc2ccccc23)c2ccccc2N(c2cc(C)c(-c3nc(C45CC6CC(CC(C6)C4)C5)nc(C45CC6CC(CC(C6)C4)C5)n3)c(C)c2)c2ccccc21. The number of hydrogen-bond donors (Lipinski definition) is 0. The van der Waals surface area contributed by atoms with E-state index in [1.807, 2.05) is 0 Å². The number of nitrogens with zero attached hydrogens (tertiary/aromatic N) is 4. The van der Waals surface area contributed by atoms with Crippen molar-refractivity contribution >= 4 is 39.0 Å². The van der Waals surface area contributed by atoms with Gasteiger partial charge in [-0.25, -0.2) is 15.0 Å². The Morgan fingerprint density at radius 3 is 1.46 bits per heavy atom. The Morgan fingerprint density at radius 1 is 0.456 bits per heavy atom. The van der Waals surface area contributed by atoms with Crippen molar-refractivity contribution in [2.24, 2.45) is 35.5 Å². The molecule has 0 atom stereocenters. The van der Waals surface area contributed by atoms with Crippen molar-refractivity contribution in [3.05, 3.63) is 178 Å². The van der Waals surface area contributed by atoms with Crippen LogP contribution in [0, 0.1) is 56.3 Å². The van der Waals surface area contributed by atoms with Crippen molar-refractivity contribution in [2.45, 2.75) is 114 Å². The summed E-state index contributed by atoms with van der Waals surface area (Å²) in [5, 5.41) is 2.28. The number of benzene rings is 6. The molecule has 0 saturated heterocycles. The molecule has 8 aromatic rings. The monoisotopic (exact) mass is 888 g/mol. The highest BCUT2D eigenvalue weighted by atomic mass is 16.3. The maximum atomic E-state index is 6.97. The molecule has 0 spiro atoms. The molecule has 8 fully saturated rings. The molecule has 5 heteroatoms. The number of fused-ring (bicyclic) bond motifs is 5. The Kier molecular flexibility index (Phi) is 8.36. The van der Waals surface area contributed by atoms with Gasteiger partial charge in [-0.2, -0.15) is 0 Å². The quantitative estimate of drug-likeness (QED) is 0.166. The summed E-state index contributed by atoms with van der Waals surface area (Å²) in [5.74, 6) is 8.23. The van der Waals surface area contributed by atoms with Crippen LogP contribution in [0.15, 0.2) is 132 Å². The van der Waals surface area contributed by atoms with Crippen LogP contribution >= 0.6 is 0 Å². The summed E-state index contributed by atoms with van der Waals surface area (Å²) < 4.78 is 6.97. The van der Waals surface area contributed by atoms with Crippen LogP contribution in [0.25, 0.3) is 33.3 Å². The average molecular weight is 889 g/mol. The molecule has 0 unspecified atom stereocenters. The molecule has 17 rings (SSSR count). The molecule has 3 heterocycles. The Hall–Kier alpha value is -6.07. The average Bonchev–Trinajstić information content (AvgIpc) is 3.72. The smallest absolute Gasteiger partial charge is 0.163 e. The molecule has 8 aliphatic carbocycles. The normalized spacial score (nSPS) is 29.2. The Morgan fingerprint density at radius 2 is 0.912 bits per heavy atom. The van der Waals surface area contributed by atoms with E-state index in [0.29, 0.717) is 0 Å². The van der Waals surface area contributed by atoms with Gasteiger partial charge in [-0.1, -0.05) is 97.1 Å². The predicted molar refractivity (Wildman–Crippen MR) is 273 cm³/mol. The Labute approximate surface area is 400 Å². The van der Waals surface area contributed by atoms with Crippen LogP contribution in [0.3, 0.4) is 0 Å². The van der Waals surface area contributed by atoms with Crippen molar-refractivity contribution in [2.75, 3.05) is 4.90 Å². The lowest BCUT2D eigenvalue weighted by Crippen LogP contribution is -2.51. The van der Waals surface area contributed by atoms with Crippen LogP contribution in [-0.4, -0.2) is 15.0 Å². The second-order valence-corrected chi connectivity index (χ2v) is 23.4. The minimum Gasteiger partial charge on any atom is -0.456 e. The van der Waals surface area contributed by atoms with Crippen LogP contribution in [0.5, 0.6) is 0 Å². The van der Waals surface area contributed by atoms with Gasteiger partial charge in [0.25, 0.3) is 0 Å². The molecule has 5 nitrogen and oxygen atoms in total. The van der Waals surface area contributed by atoms with E-state index >= 15 is 0 Å². The molecule has 68 heavy (non-hydrogen) atoms. The van der Waals surface area contributed by atoms with E-state index in [2.05, 4.69) is 153 Å². The summed E-state index contributed by atoms with van der Waals surface area (Å²) in [4.78, 5) is 19.8. The molecule has 8 saturated carbocycles. The maximum Gasteiger partial charge on any atom is 0.163 e. The molecule has 1 aliphatic heterocycles. The lowest BCUT2D eigenvalue weighted by molar-refractivity contribution is -0.0155. The molecule has 338 valence electrons. The lowest BCUT2D eigenvalue weighted by Gasteiger charge is -2.57. The Bertz CT molecular complexity index is 3190. The first kappa shape index (κ1) is 39.9. The summed E-state index contributed by atoms with van der Waals surface area (Å²) in [7, 11) is 0. The molecule has 0 amide bonds. The fourth-order valence-electron chi connectivity index (χ4n) is 17.4. The van der Waals surface area contributed by atoms with Gasteiger partial charge < -0.3 is 9.32 Å². The van der Waals surface area contributed by atoms with E-state index in [1.165, 1.54) is 127 Å². The number of hydrogen-bond acceptors (Lipinski definition) is 5. The fourth-order valence-corrected chi connectivity index (χ4v) is 17.4. The number of anilines is 3. The number of furan rings is 1. The predicted octanol–water partition coefficient (Wildman–Crippen LogP) is 15.5. The topological polar surface area (TPSA) is 55.1 Å².